The number of rotatable bonds is 1. The minimum Gasteiger partial charge on any atom is -0.507 e. The van der Waals surface area contributed by atoms with Gasteiger partial charge < -0.3 is 5.11 Å². The highest BCUT2D eigenvalue weighted by Crippen LogP contribution is 2.39. The van der Waals surface area contributed by atoms with Crippen molar-refractivity contribution in [1.29, 1.82) is 0 Å². The Kier molecular flexibility index (Phi) is 2.92. The van der Waals surface area contributed by atoms with E-state index in [9.17, 15) is 5.11 Å². The summed E-state index contributed by atoms with van der Waals surface area (Å²) >= 11 is 6.30. The molecule has 0 spiro atoms. The molecule has 2 heteroatoms. The van der Waals surface area contributed by atoms with Crippen LogP contribution in [-0.2, 0) is 0 Å². The lowest BCUT2D eigenvalue weighted by atomic mass is 9.99. The highest BCUT2D eigenvalue weighted by atomic mass is 35.5. The number of fused-ring (bicyclic) bond motifs is 1. The molecule has 0 aliphatic heterocycles. The first-order valence-electron chi connectivity index (χ1n) is 6.14. The van der Waals surface area contributed by atoms with Crippen LogP contribution in [0.25, 0.3) is 21.9 Å². The van der Waals surface area contributed by atoms with Crippen LogP contribution in [0.1, 0.15) is 5.56 Å². The third kappa shape index (κ3) is 2.06. The van der Waals surface area contributed by atoms with Crippen LogP contribution in [0.3, 0.4) is 0 Å². The van der Waals surface area contributed by atoms with Crippen LogP contribution in [0, 0.1) is 6.92 Å². The molecule has 0 heterocycles. The van der Waals surface area contributed by atoms with Crippen molar-refractivity contribution in [2.75, 3.05) is 0 Å². The molecule has 0 aromatic heterocycles. The molecule has 3 aromatic rings. The molecule has 3 rings (SSSR count). The summed E-state index contributed by atoms with van der Waals surface area (Å²) in [6.07, 6.45) is 0. The van der Waals surface area contributed by atoms with Gasteiger partial charge in [-0.05, 0) is 18.6 Å². The number of aryl methyl sites for hydroxylation is 1. The van der Waals surface area contributed by atoms with Gasteiger partial charge in [-0.3, -0.25) is 0 Å². The Morgan fingerprint density at radius 2 is 1.53 bits per heavy atom. The summed E-state index contributed by atoms with van der Waals surface area (Å²) in [6, 6.07) is 17.5. The molecule has 0 aliphatic carbocycles. The lowest BCUT2D eigenvalue weighted by molar-refractivity contribution is 0.483. The zero-order chi connectivity index (χ0) is 13.4. The van der Waals surface area contributed by atoms with Crippen LogP contribution in [-0.4, -0.2) is 5.11 Å². The first-order valence-corrected chi connectivity index (χ1v) is 6.52. The predicted molar refractivity (Wildman–Crippen MR) is 80.8 cm³/mol. The summed E-state index contributed by atoms with van der Waals surface area (Å²) in [5.41, 5.74) is 2.93. The van der Waals surface area contributed by atoms with E-state index in [2.05, 4.69) is 0 Å². The van der Waals surface area contributed by atoms with E-state index in [1.807, 2.05) is 61.5 Å². The van der Waals surface area contributed by atoms with Crippen LogP contribution in [0.4, 0.5) is 0 Å². The predicted octanol–water partition coefficient (Wildman–Crippen LogP) is 5.17. The number of phenolic OH excluding ortho intramolecular Hbond substituents is 1. The Morgan fingerprint density at radius 1 is 0.895 bits per heavy atom. The Bertz CT molecular complexity index is 745. The number of benzene rings is 3. The van der Waals surface area contributed by atoms with Gasteiger partial charge in [-0.15, -0.1) is 0 Å². The molecular weight excluding hydrogens is 256 g/mol. The quantitative estimate of drug-likeness (QED) is 0.645. The van der Waals surface area contributed by atoms with Gasteiger partial charge in [-0.1, -0.05) is 65.7 Å². The van der Waals surface area contributed by atoms with E-state index in [0.717, 1.165) is 21.9 Å². The minimum atomic E-state index is 0.281. The van der Waals surface area contributed by atoms with Gasteiger partial charge in [0, 0.05) is 21.4 Å². The fourth-order valence-corrected chi connectivity index (χ4v) is 2.54. The third-order valence-corrected chi connectivity index (χ3v) is 3.64. The van der Waals surface area contributed by atoms with Crippen LogP contribution in [0.5, 0.6) is 5.75 Å². The van der Waals surface area contributed by atoms with Gasteiger partial charge in [-0.2, -0.15) is 0 Å². The van der Waals surface area contributed by atoms with Crippen molar-refractivity contribution >= 4 is 22.4 Å². The van der Waals surface area contributed by atoms with E-state index in [0.29, 0.717) is 5.02 Å². The van der Waals surface area contributed by atoms with Gasteiger partial charge >= 0.3 is 0 Å². The molecule has 19 heavy (non-hydrogen) atoms. The average molecular weight is 269 g/mol. The van der Waals surface area contributed by atoms with Crippen molar-refractivity contribution < 1.29 is 5.11 Å². The van der Waals surface area contributed by atoms with E-state index >= 15 is 0 Å². The molecule has 3 aromatic carbocycles. The summed E-state index contributed by atoms with van der Waals surface area (Å²) in [7, 11) is 0. The van der Waals surface area contributed by atoms with E-state index in [4.69, 9.17) is 11.6 Å². The van der Waals surface area contributed by atoms with Crippen LogP contribution < -0.4 is 0 Å². The summed E-state index contributed by atoms with van der Waals surface area (Å²) in [5, 5.41) is 12.8. The first kappa shape index (κ1) is 12.1. The van der Waals surface area contributed by atoms with E-state index in [1.54, 1.807) is 0 Å². The molecule has 1 N–H and O–H groups in total. The summed E-state index contributed by atoms with van der Waals surface area (Å²) in [5.74, 6) is 0.281. The van der Waals surface area contributed by atoms with Gasteiger partial charge in [0.1, 0.15) is 5.75 Å². The number of halogens is 1. The monoisotopic (exact) mass is 268 g/mol. The zero-order valence-corrected chi connectivity index (χ0v) is 11.3. The van der Waals surface area contributed by atoms with Crippen molar-refractivity contribution in [3.63, 3.8) is 0 Å². The Hall–Kier alpha value is -1.99. The second-order valence-corrected chi connectivity index (χ2v) is 5.07. The lowest BCUT2D eigenvalue weighted by Crippen LogP contribution is -1.83. The van der Waals surface area contributed by atoms with E-state index in [-0.39, 0.29) is 5.75 Å². The largest absolute Gasteiger partial charge is 0.507 e. The molecule has 0 bridgehead atoms. The first-order chi connectivity index (χ1) is 9.16. The van der Waals surface area contributed by atoms with Crippen LogP contribution >= 0.6 is 11.6 Å². The Labute approximate surface area is 117 Å². The molecule has 0 saturated heterocycles. The fourth-order valence-electron chi connectivity index (χ4n) is 2.27. The van der Waals surface area contributed by atoms with Crippen molar-refractivity contribution in [3.8, 4) is 16.9 Å². The van der Waals surface area contributed by atoms with E-state index in [1.165, 1.54) is 5.56 Å². The SMILES string of the molecule is Cc1ccc(-c2cc(Cl)c3ccccc3c2O)cc1. The summed E-state index contributed by atoms with van der Waals surface area (Å²) < 4.78 is 0. The van der Waals surface area contributed by atoms with Crippen molar-refractivity contribution in [2.45, 2.75) is 6.92 Å². The molecule has 0 fully saturated rings. The smallest absolute Gasteiger partial charge is 0.131 e. The highest BCUT2D eigenvalue weighted by Gasteiger charge is 2.11. The molecule has 0 atom stereocenters. The van der Waals surface area contributed by atoms with Crippen molar-refractivity contribution in [1.82, 2.24) is 0 Å². The fraction of sp³-hybridized carbons (Fsp3) is 0.0588. The topological polar surface area (TPSA) is 20.2 Å². The molecule has 0 saturated carbocycles. The Morgan fingerprint density at radius 3 is 2.21 bits per heavy atom. The lowest BCUT2D eigenvalue weighted by Gasteiger charge is -2.10. The van der Waals surface area contributed by atoms with E-state index < -0.39 is 0 Å². The summed E-state index contributed by atoms with van der Waals surface area (Å²) in [4.78, 5) is 0. The van der Waals surface area contributed by atoms with Gasteiger partial charge in [0.25, 0.3) is 0 Å². The van der Waals surface area contributed by atoms with Crippen molar-refractivity contribution in [3.05, 3.63) is 65.2 Å². The summed E-state index contributed by atoms with van der Waals surface area (Å²) in [6.45, 7) is 2.04. The maximum Gasteiger partial charge on any atom is 0.131 e. The number of phenols is 1. The molecule has 0 unspecified atom stereocenters. The van der Waals surface area contributed by atoms with Crippen LogP contribution in [0.15, 0.2) is 54.6 Å². The maximum absolute atomic E-state index is 10.4. The second-order valence-electron chi connectivity index (χ2n) is 4.67. The standard InChI is InChI=1S/C17H13ClO/c1-11-6-8-12(9-7-11)15-10-16(18)13-4-2-3-5-14(13)17(15)19/h2-10,19H,1H3. The molecule has 94 valence electrons. The average Bonchev–Trinajstić information content (AvgIpc) is 2.44. The van der Waals surface area contributed by atoms with Gasteiger partial charge in [-0.25, -0.2) is 0 Å². The van der Waals surface area contributed by atoms with Crippen molar-refractivity contribution in [2.24, 2.45) is 0 Å². The second kappa shape index (κ2) is 4.60. The van der Waals surface area contributed by atoms with Gasteiger partial charge in [0.2, 0.25) is 0 Å². The molecule has 0 radical (unpaired) electrons. The number of hydrogen-bond acceptors (Lipinski definition) is 1. The minimum absolute atomic E-state index is 0.281. The molecule has 0 aliphatic rings. The maximum atomic E-state index is 10.4. The van der Waals surface area contributed by atoms with Gasteiger partial charge in [0.05, 0.1) is 0 Å². The Balaban J connectivity index is 2.30. The molecule has 0 amide bonds. The highest BCUT2D eigenvalue weighted by molar-refractivity contribution is 6.36. The molecule has 1 nitrogen and oxygen atoms in total. The molecular formula is C17H13ClO. The van der Waals surface area contributed by atoms with Crippen LogP contribution in [0.2, 0.25) is 5.02 Å². The third-order valence-electron chi connectivity index (χ3n) is 3.33. The number of aromatic hydroxyl groups is 1. The number of hydrogen-bond donors (Lipinski definition) is 1. The zero-order valence-electron chi connectivity index (χ0n) is 10.5. The van der Waals surface area contributed by atoms with Gasteiger partial charge in [0.15, 0.2) is 0 Å². The normalized spacial score (nSPS) is 10.8.